The zero-order chi connectivity index (χ0) is 15.4. The summed E-state index contributed by atoms with van der Waals surface area (Å²) in [6, 6.07) is 6.71. The number of aromatic nitrogens is 5. The molecule has 6 heteroatoms. The maximum Gasteiger partial charge on any atom is 0.160 e. The molecule has 0 atom stereocenters. The molecule has 0 bridgehead atoms. The number of hydrogen-bond acceptors (Lipinski definition) is 3. The van der Waals surface area contributed by atoms with Gasteiger partial charge in [0.1, 0.15) is 12.7 Å². The first-order valence-electron chi connectivity index (χ1n) is 8.05. The Balaban J connectivity index is 1.75. The number of halogens is 1. The van der Waals surface area contributed by atoms with Crippen molar-refractivity contribution in [3.05, 3.63) is 47.3 Å². The fourth-order valence-electron chi connectivity index (χ4n) is 3.89. The van der Waals surface area contributed by atoms with Crippen LogP contribution in [0.15, 0.2) is 30.9 Å². The van der Waals surface area contributed by atoms with E-state index in [1.165, 1.54) is 31.2 Å². The van der Waals surface area contributed by atoms with E-state index in [0.717, 1.165) is 22.8 Å². The van der Waals surface area contributed by atoms with Gasteiger partial charge in [0, 0.05) is 5.56 Å². The summed E-state index contributed by atoms with van der Waals surface area (Å²) in [6.07, 6.45) is 8.64. The number of hydrogen-bond donors (Lipinski definition) is 0. The van der Waals surface area contributed by atoms with Crippen LogP contribution in [0.4, 0.5) is 0 Å². The number of benzene rings is 1. The van der Waals surface area contributed by atoms with E-state index in [4.69, 9.17) is 11.6 Å². The van der Waals surface area contributed by atoms with Gasteiger partial charge < -0.3 is 0 Å². The lowest BCUT2D eigenvalue weighted by atomic mass is 9.95. The standard InChI is InChI=1S/C17H16ClN5/c18-16-15-8-23-17(19-9-21-23)13-7-12(11-3-1-2-4-11)5-6-14(13)22(15)10-20-16/h5-7,9-11H,1-4,8H2. The molecule has 2 aromatic heterocycles. The third-order valence-electron chi connectivity index (χ3n) is 5.08. The Bertz CT molecular complexity index is 888. The van der Waals surface area contributed by atoms with E-state index in [1.807, 2.05) is 4.68 Å². The predicted octanol–water partition coefficient (Wildman–Crippen LogP) is 3.80. The topological polar surface area (TPSA) is 48.5 Å². The van der Waals surface area contributed by atoms with Gasteiger partial charge in [-0.3, -0.25) is 4.57 Å². The van der Waals surface area contributed by atoms with Crippen LogP contribution in [0.1, 0.15) is 42.9 Å². The molecule has 116 valence electrons. The minimum absolute atomic E-state index is 0.527. The highest BCUT2D eigenvalue weighted by atomic mass is 35.5. The summed E-state index contributed by atoms with van der Waals surface area (Å²) >= 11 is 6.27. The van der Waals surface area contributed by atoms with Crippen LogP contribution in [0.25, 0.3) is 17.1 Å². The summed E-state index contributed by atoms with van der Waals surface area (Å²) in [5.74, 6) is 1.57. The van der Waals surface area contributed by atoms with Gasteiger partial charge in [-0.15, -0.1) is 0 Å². The van der Waals surface area contributed by atoms with Crippen molar-refractivity contribution in [1.82, 2.24) is 24.3 Å². The minimum Gasteiger partial charge on any atom is -0.299 e. The summed E-state index contributed by atoms with van der Waals surface area (Å²) in [5.41, 5.74) is 4.55. The third-order valence-corrected chi connectivity index (χ3v) is 5.39. The Hall–Kier alpha value is -2.14. The molecule has 3 heterocycles. The Morgan fingerprint density at radius 2 is 2.00 bits per heavy atom. The van der Waals surface area contributed by atoms with Crippen molar-refractivity contribution in [2.24, 2.45) is 0 Å². The van der Waals surface area contributed by atoms with Crippen LogP contribution in [0, 0.1) is 0 Å². The first-order chi connectivity index (χ1) is 11.3. The van der Waals surface area contributed by atoms with Crippen molar-refractivity contribution in [2.45, 2.75) is 38.1 Å². The van der Waals surface area contributed by atoms with Gasteiger partial charge >= 0.3 is 0 Å². The van der Waals surface area contributed by atoms with E-state index >= 15 is 0 Å². The van der Waals surface area contributed by atoms with Crippen molar-refractivity contribution < 1.29 is 0 Å². The summed E-state index contributed by atoms with van der Waals surface area (Å²) in [6.45, 7) is 0.585. The van der Waals surface area contributed by atoms with Crippen LogP contribution >= 0.6 is 11.6 Å². The summed E-state index contributed by atoms with van der Waals surface area (Å²) < 4.78 is 3.97. The van der Waals surface area contributed by atoms with Crippen LogP contribution in [0.3, 0.4) is 0 Å². The van der Waals surface area contributed by atoms with Crippen molar-refractivity contribution in [3.8, 4) is 17.1 Å². The van der Waals surface area contributed by atoms with E-state index in [-0.39, 0.29) is 0 Å². The van der Waals surface area contributed by atoms with E-state index in [0.29, 0.717) is 17.6 Å². The molecule has 0 N–H and O–H groups in total. The summed E-state index contributed by atoms with van der Waals surface area (Å²) in [7, 11) is 0. The molecule has 0 spiro atoms. The normalized spacial score (nSPS) is 16.7. The molecule has 5 rings (SSSR count). The van der Waals surface area contributed by atoms with E-state index in [9.17, 15) is 0 Å². The van der Waals surface area contributed by atoms with Crippen LogP contribution in [0.5, 0.6) is 0 Å². The van der Waals surface area contributed by atoms with Gasteiger partial charge in [-0.1, -0.05) is 30.5 Å². The second-order valence-electron chi connectivity index (χ2n) is 6.35. The Morgan fingerprint density at radius 1 is 1.13 bits per heavy atom. The molecular weight excluding hydrogens is 310 g/mol. The lowest BCUT2D eigenvalue weighted by Crippen LogP contribution is -2.04. The van der Waals surface area contributed by atoms with Gasteiger partial charge in [-0.05, 0) is 36.5 Å². The largest absolute Gasteiger partial charge is 0.299 e. The van der Waals surface area contributed by atoms with E-state index < -0.39 is 0 Å². The highest BCUT2D eigenvalue weighted by Crippen LogP contribution is 2.38. The van der Waals surface area contributed by atoms with Crippen molar-refractivity contribution >= 4 is 11.6 Å². The second-order valence-corrected chi connectivity index (χ2v) is 6.71. The SMILES string of the molecule is Clc1ncn2c1Cn1ncnc1-c1cc(C3CCCC3)ccc1-2. The van der Waals surface area contributed by atoms with E-state index in [2.05, 4.69) is 37.8 Å². The average Bonchev–Trinajstić information content (AvgIpc) is 3.29. The Labute approximate surface area is 138 Å². The molecule has 3 aromatic rings. The van der Waals surface area contributed by atoms with Gasteiger partial charge in [0.05, 0.1) is 17.9 Å². The smallest absolute Gasteiger partial charge is 0.160 e. The quantitative estimate of drug-likeness (QED) is 0.535. The predicted molar refractivity (Wildman–Crippen MR) is 87.9 cm³/mol. The molecule has 0 unspecified atom stereocenters. The molecule has 2 aliphatic rings. The number of rotatable bonds is 1. The molecule has 5 nitrogen and oxygen atoms in total. The highest BCUT2D eigenvalue weighted by molar-refractivity contribution is 6.30. The second kappa shape index (κ2) is 4.93. The van der Waals surface area contributed by atoms with Crippen LogP contribution in [-0.4, -0.2) is 24.3 Å². The lowest BCUT2D eigenvalue weighted by molar-refractivity contribution is 0.677. The van der Waals surface area contributed by atoms with Crippen LogP contribution in [-0.2, 0) is 6.54 Å². The molecule has 1 aliphatic carbocycles. The zero-order valence-corrected chi connectivity index (χ0v) is 13.4. The number of imidazole rings is 1. The Kier molecular flexibility index (Phi) is 2.85. The first-order valence-corrected chi connectivity index (χ1v) is 8.43. The maximum absolute atomic E-state index is 6.27. The molecule has 0 saturated heterocycles. The van der Waals surface area contributed by atoms with Crippen LogP contribution in [0.2, 0.25) is 5.15 Å². The molecule has 1 fully saturated rings. The first kappa shape index (κ1) is 13.3. The number of fused-ring (bicyclic) bond motifs is 5. The Morgan fingerprint density at radius 3 is 2.87 bits per heavy atom. The van der Waals surface area contributed by atoms with Gasteiger partial charge in [0.2, 0.25) is 0 Å². The zero-order valence-electron chi connectivity index (χ0n) is 12.6. The van der Waals surface area contributed by atoms with Crippen LogP contribution < -0.4 is 0 Å². The fraction of sp³-hybridized carbons (Fsp3) is 0.353. The van der Waals surface area contributed by atoms with Crippen molar-refractivity contribution in [1.29, 1.82) is 0 Å². The molecule has 1 aliphatic heterocycles. The molecule has 0 radical (unpaired) electrons. The summed E-state index contributed by atoms with van der Waals surface area (Å²) in [5, 5.41) is 4.90. The number of nitrogens with zero attached hydrogens (tertiary/aromatic N) is 5. The monoisotopic (exact) mass is 325 g/mol. The summed E-state index contributed by atoms with van der Waals surface area (Å²) in [4.78, 5) is 8.76. The van der Waals surface area contributed by atoms with Gasteiger partial charge in [0.25, 0.3) is 0 Å². The molecule has 1 saturated carbocycles. The fourth-order valence-corrected chi connectivity index (χ4v) is 4.08. The van der Waals surface area contributed by atoms with Crippen molar-refractivity contribution in [3.63, 3.8) is 0 Å². The van der Waals surface area contributed by atoms with E-state index in [1.54, 1.807) is 12.7 Å². The third kappa shape index (κ3) is 1.96. The average molecular weight is 326 g/mol. The molecule has 23 heavy (non-hydrogen) atoms. The van der Waals surface area contributed by atoms with Gasteiger partial charge in [-0.2, -0.15) is 5.10 Å². The van der Waals surface area contributed by atoms with Gasteiger partial charge in [0.15, 0.2) is 11.0 Å². The lowest BCUT2D eigenvalue weighted by Gasteiger charge is -2.14. The molecule has 0 amide bonds. The maximum atomic E-state index is 6.27. The minimum atomic E-state index is 0.527. The van der Waals surface area contributed by atoms with Crippen molar-refractivity contribution in [2.75, 3.05) is 0 Å². The molecule has 1 aromatic carbocycles. The molecular formula is C17H16ClN5. The highest BCUT2D eigenvalue weighted by Gasteiger charge is 2.25. The van der Waals surface area contributed by atoms with Gasteiger partial charge in [-0.25, -0.2) is 14.6 Å².